The molecule has 1 aromatic carbocycles. The standard InChI is InChI=1S/C13H11FN4OS2/c1-7-4-12(19)18-13(16-7)21-11(17-18)6-20-10-5-8(14)2-3-9(10)15/h2-5H,6,15H2,1H3. The maximum atomic E-state index is 13.2. The molecule has 0 unspecified atom stereocenters. The molecule has 0 saturated carbocycles. The lowest BCUT2D eigenvalue weighted by molar-refractivity contribution is 0.624. The van der Waals surface area contributed by atoms with Crippen LogP contribution in [-0.2, 0) is 5.75 Å². The van der Waals surface area contributed by atoms with Gasteiger partial charge in [-0.2, -0.15) is 9.61 Å². The molecule has 3 rings (SSSR count). The van der Waals surface area contributed by atoms with Crippen molar-refractivity contribution in [1.29, 1.82) is 0 Å². The molecule has 21 heavy (non-hydrogen) atoms. The Labute approximate surface area is 127 Å². The van der Waals surface area contributed by atoms with Gasteiger partial charge >= 0.3 is 0 Å². The van der Waals surface area contributed by atoms with Gasteiger partial charge in [-0.15, -0.1) is 11.8 Å². The molecule has 2 heterocycles. The molecular formula is C13H11FN4OS2. The number of nitrogens with two attached hydrogens (primary N) is 1. The van der Waals surface area contributed by atoms with Gasteiger partial charge in [-0.05, 0) is 25.1 Å². The Kier molecular flexibility index (Phi) is 3.64. The number of nitrogen functional groups attached to an aromatic ring is 1. The van der Waals surface area contributed by atoms with Crippen molar-refractivity contribution in [3.63, 3.8) is 0 Å². The van der Waals surface area contributed by atoms with Gasteiger partial charge in [-0.25, -0.2) is 9.37 Å². The van der Waals surface area contributed by atoms with Crippen LogP contribution in [0.15, 0.2) is 34.0 Å². The van der Waals surface area contributed by atoms with E-state index in [0.717, 1.165) is 5.01 Å². The van der Waals surface area contributed by atoms with E-state index in [-0.39, 0.29) is 11.4 Å². The molecule has 8 heteroatoms. The van der Waals surface area contributed by atoms with Crippen molar-refractivity contribution in [2.45, 2.75) is 17.6 Å². The Bertz CT molecular complexity index is 874. The van der Waals surface area contributed by atoms with E-state index in [9.17, 15) is 9.18 Å². The van der Waals surface area contributed by atoms with E-state index in [1.54, 1.807) is 6.92 Å². The molecule has 108 valence electrons. The van der Waals surface area contributed by atoms with E-state index in [2.05, 4.69) is 10.1 Å². The molecule has 0 aliphatic heterocycles. The average molecular weight is 322 g/mol. The number of thioether (sulfide) groups is 1. The minimum atomic E-state index is -0.329. The molecule has 0 aliphatic carbocycles. The normalized spacial score (nSPS) is 11.1. The molecule has 0 saturated heterocycles. The summed E-state index contributed by atoms with van der Waals surface area (Å²) in [5.74, 6) is 0.171. The van der Waals surface area contributed by atoms with Crippen LogP contribution in [0.1, 0.15) is 10.7 Å². The number of aryl methyl sites for hydroxylation is 1. The van der Waals surface area contributed by atoms with Crippen LogP contribution in [0.2, 0.25) is 0 Å². The number of nitrogens with zero attached hydrogens (tertiary/aromatic N) is 3. The van der Waals surface area contributed by atoms with E-state index < -0.39 is 0 Å². The highest BCUT2D eigenvalue weighted by Gasteiger charge is 2.09. The molecule has 3 aromatic rings. The summed E-state index contributed by atoms with van der Waals surface area (Å²) in [5, 5.41) is 4.96. The second-order valence-corrected chi connectivity index (χ2v) is 6.45. The van der Waals surface area contributed by atoms with Crippen molar-refractivity contribution in [2.75, 3.05) is 5.73 Å². The number of rotatable bonds is 3. The molecule has 5 nitrogen and oxygen atoms in total. The average Bonchev–Trinajstić information content (AvgIpc) is 2.83. The lowest BCUT2D eigenvalue weighted by atomic mass is 10.3. The Morgan fingerprint density at radius 1 is 1.43 bits per heavy atom. The van der Waals surface area contributed by atoms with E-state index in [4.69, 9.17) is 5.73 Å². The summed E-state index contributed by atoms with van der Waals surface area (Å²) in [6.07, 6.45) is 0. The van der Waals surface area contributed by atoms with Crippen LogP contribution in [0.4, 0.5) is 10.1 Å². The highest BCUT2D eigenvalue weighted by atomic mass is 32.2. The second kappa shape index (κ2) is 5.45. The van der Waals surface area contributed by atoms with Gasteiger partial charge in [0.25, 0.3) is 5.56 Å². The summed E-state index contributed by atoms with van der Waals surface area (Å²) in [4.78, 5) is 17.3. The van der Waals surface area contributed by atoms with E-state index in [1.807, 2.05) is 0 Å². The molecule has 0 spiro atoms. The highest BCUT2D eigenvalue weighted by molar-refractivity contribution is 7.98. The number of hydrogen-bond acceptors (Lipinski definition) is 6. The number of fused-ring (bicyclic) bond motifs is 1. The smallest absolute Gasteiger partial charge is 0.275 e. The molecule has 2 aromatic heterocycles. The number of halogens is 1. The number of aromatic nitrogens is 3. The Balaban J connectivity index is 1.87. The van der Waals surface area contributed by atoms with Crippen molar-refractivity contribution >= 4 is 33.7 Å². The summed E-state index contributed by atoms with van der Waals surface area (Å²) >= 11 is 2.72. The first-order chi connectivity index (χ1) is 10.0. The quantitative estimate of drug-likeness (QED) is 0.592. The van der Waals surface area contributed by atoms with Gasteiger partial charge < -0.3 is 5.73 Å². The van der Waals surface area contributed by atoms with Crippen LogP contribution in [0, 0.1) is 12.7 Å². The SMILES string of the molecule is Cc1cc(=O)n2nc(CSc3cc(F)ccc3N)sc2n1. The Hall–Kier alpha value is -1.93. The van der Waals surface area contributed by atoms with Crippen LogP contribution < -0.4 is 11.3 Å². The Morgan fingerprint density at radius 3 is 3.05 bits per heavy atom. The molecule has 0 atom stereocenters. The second-order valence-electron chi connectivity index (χ2n) is 4.40. The van der Waals surface area contributed by atoms with Crippen molar-refractivity contribution in [3.05, 3.63) is 51.1 Å². The van der Waals surface area contributed by atoms with E-state index in [0.29, 0.717) is 27.0 Å². The van der Waals surface area contributed by atoms with Crippen molar-refractivity contribution in [3.8, 4) is 0 Å². The third-order valence-corrected chi connectivity index (χ3v) is 4.92. The number of hydrogen-bond donors (Lipinski definition) is 1. The molecular weight excluding hydrogens is 311 g/mol. The van der Waals surface area contributed by atoms with Crippen LogP contribution in [0.5, 0.6) is 0 Å². The molecule has 0 aliphatic rings. The fourth-order valence-electron chi connectivity index (χ4n) is 1.79. The fraction of sp³-hybridized carbons (Fsp3) is 0.154. The molecule has 0 amide bonds. The van der Waals surface area contributed by atoms with Gasteiger partial charge in [0.1, 0.15) is 10.8 Å². The summed E-state index contributed by atoms with van der Waals surface area (Å²) in [6, 6.07) is 5.69. The zero-order chi connectivity index (χ0) is 15.0. The van der Waals surface area contributed by atoms with Crippen LogP contribution in [-0.4, -0.2) is 14.6 Å². The molecule has 0 radical (unpaired) electrons. The maximum Gasteiger partial charge on any atom is 0.275 e. The van der Waals surface area contributed by atoms with Crippen molar-refractivity contribution < 1.29 is 4.39 Å². The van der Waals surface area contributed by atoms with E-state index in [1.165, 1.54) is 51.9 Å². The first kappa shape index (κ1) is 14.0. The van der Waals surface area contributed by atoms with Gasteiger partial charge in [-0.3, -0.25) is 4.79 Å². The minimum absolute atomic E-state index is 0.199. The summed E-state index contributed by atoms with van der Waals surface area (Å²) < 4.78 is 14.5. The van der Waals surface area contributed by atoms with Crippen LogP contribution in [0.25, 0.3) is 4.96 Å². The number of anilines is 1. The number of benzene rings is 1. The first-order valence-corrected chi connectivity index (χ1v) is 7.87. The third-order valence-electron chi connectivity index (χ3n) is 2.74. The predicted molar refractivity (Wildman–Crippen MR) is 82.2 cm³/mol. The van der Waals surface area contributed by atoms with Crippen molar-refractivity contribution in [2.24, 2.45) is 0 Å². The first-order valence-electron chi connectivity index (χ1n) is 6.07. The fourth-order valence-corrected chi connectivity index (χ4v) is 3.71. The molecule has 0 fully saturated rings. The zero-order valence-corrected chi connectivity index (χ0v) is 12.7. The maximum absolute atomic E-state index is 13.2. The van der Waals surface area contributed by atoms with Gasteiger partial charge in [-0.1, -0.05) is 11.3 Å². The lowest BCUT2D eigenvalue weighted by Crippen LogP contribution is -2.14. The van der Waals surface area contributed by atoms with Crippen LogP contribution >= 0.6 is 23.1 Å². The van der Waals surface area contributed by atoms with E-state index >= 15 is 0 Å². The Morgan fingerprint density at radius 2 is 2.24 bits per heavy atom. The summed E-state index contributed by atoms with van der Waals surface area (Å²) in [5.41, 5.74) is 6.79. The largest absolute Gasteiger partial charge is 0.398 e. The predicted octanol–water partition coefficient (Wildman–Crippen LogP) is 2.47. The zero-order valence-electron chi connectivity index (χ0n) is 11.0. The van der Waals surface area contributed by atoms with Gasteiger partial charge in [0.15, 0.2) is 0 Å². The summed E-state index contributed by atoms with van der Waals surface area (Å²) in [7, 11) is 0. The van der Waals surface area contributed by atoms with Crippen molar-refractivity contribution in [1.82, 2.24) is 14.6 Å². The molecule has 0 bridgehead atoms. The summed E-state index contributed by atoms with van der Waals surface area (Å²) in [6.45, 7) is 1.77. The molecule has 2 N–H and O–H groups in total. The lowest BCUT2D eigenvalue weighted by Gasteiger charge is -2.03. The van der Waals surface area contributed by atoms with Crippen LogP contribution in [0.3, 0.4) is 0 Å². The third kappa shape index (κ3) is 2.91. The van der Waals surface area contributed by atoms with Gasteiger partial charge in [0.2, 0.25) is 4.96 Å². The van der Waals surface area contributed by atoms with Gasteiger partial charge in [0, 0.05) is 22.3 Å². The topological polar surface area (TPSA) is 73.3 Å². The minimum Gasteiger partial charge on any atom is -0.398 e. The highest BCUT2D eigenvalue weighted by Crippen LogP contribution is 2.29. The monoisotopic (exact) mass is 322 g/mol. The van der Waals surface area contributed by atoms with Gasteiger partial charge in [0.05, 0.1) is 5.75 Å².